The van der Waals surface area contributed by atoms with Gasteiger partial charge in [0.15, 0.2) is 0 Å². The van der Waals surface area contributed by atoms with Gasteiger partial charge in [-0.1, -0.05) is 0 Å². The monoisotopic (exact) mass is 283 g/mol. The second-order valence-electron chi connectivity index (χ2n) is 2.73. The van der Waals surface area contributed by atoms with Crippen LogP contribution in [0.1, 0.15) is 11.3 Å². The molecular weight excluding hydrogens is 279 g/mol. The van der Waals surface area contributed by atoms with E-state index < -0.39 is 24.3 Å². The van der Waals surface area contributed by atoms with Crippen LogP contribution >= 0.6 is 15.9 Å². The van der Waals surface area contributed by atoms with Crippen molar-refractivity contribution in [1.82, 2.24) is 4.98 Å². The fourth-order valence-electron chi connectivity index (χ4n) is 1.03. The van der Waals surface area contributed by atoms with Crippen LogP contribution in [-0.4, -0.2) is 16.1 Å². The van der Waals surface area contributed by atoms with Gasteiger partial charge in [0.05, 0.1) is 6.42 Å². The van der Waals surface area contributed by atoms with Crippen molar-refractivity contribution in [1.29, 1.82) is 0 Å². The van der Waals surface area contributed by atoms with Crippen molar-refractivity contribution in [2.75, 3.05) is 0 Å². The summed E-state index contributed by atoms with van der Waals surface area (Å²) in [6.45, 7) is 0. The van der Waals surface area contributed by atoms with Gasteiger partial charge < -0.3 is 5.11 Å². The lowest BCUT2D eigenvalue weighted by molar-refractivity contribution is -0.142. The summed E-state index contributed by atoms with van der Waals surface area (Å²) in [5.41, 5.74) is -1.52. The van der Waals surface area contributed by atoms with Crippen LogP contribution in [0.2, 0.25) is 0 Å². The Kier molecular flexibility index (Phi) is 3.33. The number of carbonyl (C=O) groups is 1. The van der Waals surface area contributed by atoms with Gasteiger partial charge in [-0.25, -0.2) is 0 Å². The van der Waals surface area contributed by atoms with Crippen molar-refractivity contribution in [3.05, 3.63) is 28.0 Å². The van der Waals surface area contributed by atoms with Crippen LogP contribution in [0.5, 0.6) is 0 Å². The smallest absolute Gasteiger partial charge is 0.433 e. The van der Waals surface area contributed by atoms with E-state index in [1.807, 2.05) is 0 Å². The number of aromatic nitrogens is 1. The summed E-state index contributed by atoms with van der Waals surface area (Å²) in [5, 5.41) is 8.44. The summed E-state index contributed by atoms with van der Waals surface area (Å²) in [6, 6.07) is 1.10. The van der Waals surface area contributed by atoms with Gasteiger partial charge in [0.1, 0.15) is 5.69 Å². The molecule has 0 aromatic carbocycles. The van der Waals surface area contributed by atoms with Crippen molar-refractivity contribution in [3.8, 4) is 0 Å². The second-order valence-corrected chi connectivity index (χ2v) is 3.65. The minimum absolute atomic E-state index is 0.312. The Morgan fingerprint density at radius 1 is 1.53 bits per heavy atom. The Balaban J connectivity index is 3.20. The molecule has 0 aliphatic rings. The molecule has 1 aromatic heterocycles. The summed E-state index contributed by atoms with van der Waals surface area (Å²) in [4.78, 5) is 13.5. The molecule has 0 aliphatic heterocycles. The molecule has 82 valence electrons. The number of alkyl halides is 3. The molecule has 0 bridgehead atoms. The van der Waals surface area contributed by atoms with Crippen molar-refractivity contribution in [3.63, 3.8) is 0 Å². The van der Waals surface area contributed by atoms with E-state index in [4.69, 9.17) is 5.11 Å². The molecule has 0 fully saturated rings. The first kappa shape index (κ1) is 12.0. The Labute approximate surface area is 91.1 Å². The van der Waals surface area contributed by atoms with Crippen LogP contribution in [0.4, 0.5) is 13.2 Å². The van der Waals surface area contributed by atoms with Gasteiger partial charge in [0.25, 0.3) is 0 Å². The zero-order chi connectivity index (χ0) is 11.6. The Bertz CT molecular complexity index is 392. The van der Waals surface area contributed by atoms with E-state index in [2.05, 4.69) is 20.9 Å². The molecular formula is C8H5BrF3NO2. The molecule has 1 heterocycles. The summed E-state index contributed by atoms with van der Waals surface area (Å²) in [7, 11) is 0. The van der Waals surface area contributed by atoms with Crippen molar-refractivity contribution in [2.24, 2.45) is 0 Å². The number of pyridine rings is 1. The maximum absolute atomic E-state index is 12.4. The average molecular weight is 284 g/mol. The predicted molar refractivity (Wildman–Crippen MR) is 48.3 cm³/mol. The minimum Gasteiger partial charge on any atom is -0.481 e. The number of hydrogen-bond donors (Lipinski definition) is 1. The fourth-order valence-corrected chi connectivity index (χ4v) is 1.41. The zero-order valence-corrected chi connectivity index (χ0v) is 8.76. The number of carboxylic acids is 1. The number of hydrogen-bond acceptors (Lipinski definition) is 2. The van der Waals surface area contributed by atoms with Gasteiger partial charge in [-0.2, -0.15) is 13.2 Å². The molecule has 0 aliphatic carbocycles. The summed E-state index contributed by atoms with van der Waals surface area (Å²) < 4.78 is 37.4. The van der Waals surface area contributed by atoms with E-state index in [-0.39, 0.29) is 5.56 Å². The van der Waals surface area contributed by atoms with Gasteiger partial charge >= 0.3 is 12.1 Å². The Morgan fingerprint density at radius 2 is 2.13 bits per heavy atom. The average Bonchev–Trinajstić information content (AvgIpc) is 1.99. The number of rotatable bonds is 2. The third-order valence-corrected chi connectivity index (χ3v) is 1.98. The highest BCUT2D eigenvalue weighted by molar-refractivity contribution is 9.10. The van der Waals surface area contributed by atoms with Crippen LogP contribution in [0.25, 0.3) is 0 Å². The predicted octanol–water partition coefficient (Wildman–Crippen LogP) is 2.49. The quantitative estimate of drug-likeness (QED) is 0.907. The lowest BCUT2D eigenvalue weighted by Crippen LogP contribution is -2.14. The lowest BCUT2D eigenvalue weighted by atomic mass is 10.1. The highest BCUT2D eigenvalue weighted by Gasteiger charge is 2.35. The Hall–Kier alpha value is -1.11. The van der Waals surface area contributed by atoms with Gasteiger partial charge in [-0.15, -0.1) is 0 Å². The van der Waals surface area contributed by atoms with Gasteiger partial charge in [0, 0.05) is 10.7 Å². The van der Waals surface area contributed by atoms with E-state index >= 15 is 0 Å². The van der Waals surface area contributed by atoms with Gasteiger partial charge in [-0.3, -0.25) is 9.78 Å². The molecule has 1 N–H and O–H groups in total. The zero-order valence-electron chi connectivity index (χ0n) is 7.18. The number of aliphatic carboxylic acids is 1. The van der Waals surface area contributed by atoms with Crippen LogP contribution < -0.4 is 0 Å². The number of nitrogens with zero attached hydrogens (tertiary/aromatic N) is 1. The van der Waals surface area contributed by atoms with E-state index in [0.717, 1.165) is 12.3 Å². The third-order valence-electron chi connectivity index (χ3n) is 1.54. The Morgan fingerprint density at radius 3 is 2.60 bits per heavy atom. The topological polar surface area (TPSA) is 50.2 Å². The van der Waals surface area contributed by atoms with Crippen LogP contribution in [0, 0.1) is 0 Å². The largest absolute Gasteiger partial charge is 0.481 e. The van der Waals surface area contributed by atoms with Gasteiger partial charge in [0.2, 0.25) is 0 Å². The minimum atomic E-state index is -4.63. The number of halogens is 4. The van der Waals surface area contributed by atoms with Crippen molar-refractivity contribution in [2.45, 2.75) is 12.6 Å². The second kappa shape index (κ2) is 4.18. The maximum Gasteiger partial charge on any atom is 0.433 e. The normalized spacial score (nSPS) is 11.5. The standard InChI is InChI=1S/C8H5BrF3NO2/c9-5-1-4(2-6(14)15)7(13-3-5)8(10,11)12/h1,3H,2H2,(H,14,15). The molecule has 1 aromatic rings. The summed E-state index contributed by atoms with van der Waals surface area (Å²) in [5.74, 6) is -1.33. The maximum atomic E-state index is 12.4. The molecule has 0 saturated heterocycles. The molecule has 0 amide bonds. The highest BCUT2D eigenvalue weighted by atomic mass is 79.9. The molecule has 0 radical (unpaired) electrons. The fraction of sp³-hybridized carbons (Fsp3) is 0.250. The first-order valence-corrected chi connectivity index (χ1v) is 4.53. The number of carboxylic acid groups (broad SMARTS) is 1. The van der Waals surface area contributed by atoms with E-state index in [1.165, 1.54) is 0 Å². The molecule has 15 heavy (non-hydrogen) atoms. The van der Waals surface area contributed by atoms with Crippen molar-refractivity contribution < 1.29 is 23.1 Å². The molecule has 7 heteroatoms. The van der Waals surface area contributed by atoms with Gasteiger partial charge in [-0.05, 0) is 27.6 Å². The first-order valence-electron chi connectivity index (χ1n) is 3.74. The SMILES string of the molecule is O=C(O)Cc1cc(Br)cnc1C(F)(F)F. The van der Waals surface area contributed by atoms with E-state index in [9.17, 15) is 18.0 Å². The first-order chi connectivity index (χ1) is 6.80. The van der Waals surface area contributed by atoms with Crippen LogP contribution in [0.15, 0.2) is 16.7 Å². The molecule has 0 spiro atoms. The molecule has 0 atom stereocenters. The highest BCUT2D eigenvalue weighted by Crippen LogP contribution is 2.31. The molecule has 3 nitrogen and oxygen atoms in total. The van der Waals surface area contributed by atoms with Crippen molar-refractivity contribution >= 4 is 21.9 Å². The lowest BCUT2D eigenvalue weighted by Gasteiger charge is -2.10. The van der Waals surface area contributed by atoms with E-state index in [1.54, 1.807) is 0 Å². The third kappa shape index (κ3) is 3.19. The molecule has 0 unspecified atom stereocenters. The molecule has 0 saturated carbocycles. The molecule has 1 rings (SSSR count). The summed E-state index contributed by atoms with van der Waals surface area (Å²) in [6.07, 6.45) is -4.36. The van der Waals surface area contributed by atoms with Crippen LogP contribution in [-0.2, 0) is 17.4 Å². The summed E-state index contributed by atoms with van der Waals surface area (Å²) >= 11 is 2.93. The van der Waals surface area contributed by atoms with E-state index in [0.29, 0.717) is 4.47 Å². The van der Waals surface area contributed by atoms with Crippen LogP contribution in [0.3, 0.4) is 0 Å².